The fourth-order valence-electron chi connectivity index (χ4n) is 3.58. The molecule has 28 heavy (non-hydrogen) atoms. The Balaban J connectivity index is 1.68. The highest BCUT2D eigenvalue weighted by molar-refractivity contribution is 6.36. The van der Waals surface area contributed by atoms with E-state index in [1.54, 1.807) is 25.3 Å². The maximum absolute atomic E-state index is 6.51. The highest BCUT2D eigenvalue weighted by Crippen LogP contribution is 2.38. The van der Waals surface area contributed by atoms with E-state index in [1.807, 2.05) is 12.1 Å². The molecule has 1 aliphatic carbocycles. The van der Waals surface area contributed by atoms with Gasteiger partial charge in [-0.05, 0) is 42.7 Å². The average molecular weight is 443 g/mol. The summed E-state index contributed by atoms with van der Waals surface area (Å²) in [6, 6.07) is 9.85. The second-order valence-corrected chi connectivity index (χ2v) is 8.39. The zero-order valence-corrected chi connectivity index (χ0v) is 18.3. The molecule has 0 heterocycles. The van der Waals surface area contributed by atoms with E-state index in [0.717, 1.165) is 17.7 Å². The molecule has 6 heteroatoms. The quantitative estimate of drug-likeness (QED) is 0.466. The molecular formula is C22H26Cl3NO2. The minimum absolute atomic E-state index is 0.217. The van der Waals surface area contributed by atoms with Gasteiger partial charge in [0.2, 0.25) is 0 Å². The SMILES string of the molecule is COc1cc(CNC2CCCCCC2)cc(Cl)c1OCc1c(Cl)cccc1Cl. The predicted octanol–water partition coefficient (Wildman–Crippen LogP) is 7.05. The predicted molar refractivity (Wildman–Crippen MR) is 117 cm³/mol. The van der Waals surface area contributed by atoms with Crippen LogP contribution in [0.5, 0.6) is 11.5 Å². The van der Waals surface area contributed by atoms with Gasteiger partial charge >= 0.3 is 0 Å². The first-order valence-corrected chi connectivity index (χ1v) is 10.9. The fraction of sp³-hybridized carbons (Fsp3) is 0.455. The third kappa shape index (κ3) is 5.70. The molecule has 0 saturated heterocycles. The summed E-state index contributed by atoms with van der Waals surface area (Å²) in [5.41, 5.74) is 1.80. The minimum atomic E-state index is 0.217. The first kappa shape index (κ1) is 21.6. The lowest BCUT2D eigenvalue weighted by molar-refractivity contribution is 0.284. The van der Waals surface area contributed by atoms with Crippen LogP contribution < -0.4 is 14.8 Å². The van der Waals surface area contributed by atoms with Crippen LogP contribution in [-0.4, -0.2) is 13.2 Å². The van der Waals surface area contributed by atoms with E-state index in [4.69, 9.17) is 44.3 Å². The lowest BCUT2D eigenvalue weighted by Crippen LogP contribution is -2.27. The van der Waals surface area contributed by atoms with Crippen LogP contribution in [0.25, 0.3) is 0 Å². The molecule has 3 rings (SSSR count). The molecule has 2 aromatic rings. The van der Waals surface area contributed by atoms with Crippen LogP contribution in [0.4, 0.5) is 0 Å². The molecule has 1 fully saturated rings. The number of benzene rings is 2. The number of halogens is 3. The summed E-state index contributed by atoms with van der Waals surface area (Å²) in [6.07, 6.45) is 7.78. The second kappa shape index (κ2) is 10.6. The minimum Gasteiger partial charge on any atom is -0.493 e. The Morgan fingerprint density at radius 1 is 0.964 bits per heavy atom. The van der Waals surface area contributed by atoms with Crippen molar-refractivity contribution in [1.29, 1.82) is 0 Å². The van der Waals surface area contributed by atoms with Gasteiger partial charge in [-0.25, -0.2) is 0 Å². The number of rotatable bonds is 7. The van der Waals surface area contributed by atoms with Crippen molar-refractivity contribution in [1.82, 2.24) is 5.32 Å². The Labute approximate surface area is 182 Å². The van der Waals surface area contributed by atoms with Crippen molar-refractivity contribution < 1.29 is 9.47 Å². The molecule has 152 valence electrons. The number of ether oxygens (including phenoxy) is 2. The van der Waals surface area contributed by atoms with Crippen LogP contribution in [0.15, 0.2) is 30.3 Å². The van der Waals surface area contributed by atoms with E-state index >= 15 is 0 Å². The van der Waals surface area contributed by atoms with E-state index < -0.39 is 0 Å². The molecule has 3 nitrogen and oxygen atoms in total. The Morgan fingerprint density at radius 2 is 1.64 bits per heavy atom. The van der Waals surface area contributed by atoms with Crippen molar-refractivity contribution in [3.63, 3.8) is 0 Å². The molecule has 0 aliphatic heterocycles. The first-order valence-electron chi connectivity index (χ1n) is 9.74. The highest BCUT2D eigenvalue weighted by atomic mass is 35.5. The van der Waals surface area contributed by atoms with E-state index in [2.05, 4.69) is 5.32 Å². The van der Waals surface area contributed by atoms with Crippen molar-refractivity contribution >= 4 is 34.8 Å². The van der Waals surface area contributed by atoms with Gasteiger partial charge in [0.25, 0.3) is 0 Å². The molecule has 0 atom stereocenters. The van der Waals surface area contributed by atoms with Crippen LogP contribution in [0, 0.1) is 0 Å². The topological polar surface area (TPSA) is 30.5 Å². The highest BCUT2D eigenvalue weighted by Gasteiger charge is 2.16. The van der Waals surface area contributed by atoms with E-state index in [1.165, 1.54) is 38.5 Å². The molecule has 0 spiro atoms. The molecule has 0 aromatic heterocycles. The second-order valence-electron chi connectivity index (χ2n) is 7.17. The molecular weight excluding hydrogens is 417 g/mol. The van der Waals surface area contributed by atoms with Crippen molar-refractivity contribution in [2.75, 3.05) is 7.11 Å². The molecule has 1 aliphatic rings. The van der Waals surface area contributed by atoms with Gasteiger partial charge in [-0.3, -0.25) is 0 Å². The number of hydrogen-bond acceptors (Lipinski definition) is 3. The normalized spacial score (nSPS) is 15.3. The van der Waals surface area contributed by atoms with Crippen LogP contribution in [0.2, 0.25) is 15.1 Å². The lowest BCUT2D eigenvalue weighted by atomic mass is 10.1. The summed E-state index contributed by atoms with van der Waals surface area (Å²) >= 11 is 19.0. The standard InChI is InChI=1S/C22H26Cl3NO2/c1-27-21-12-15(13-26-16-7-4-2-3-5-8-16)11-20(25)22(21)28-14-17-18(23)9-6-10-19(17)24/h6,9-12,16,26H,2-5,7-8,13-14H2,1H3. The monoisotopic (exact) mass is 441 g/mol. The van der Waals surface area contributed by atoms with Crippen LogP contribution in [0.1, 0.15) is 49.7 Å². The van der Waals surface area contributed by atoms with Gasteiger partial charge in [0.05, 0.1) is 12.1 Å². The Kier molecular flexibility index (Phi) is 8.16. The average Bonchev–Trinajstić information content (AvgIpc) is 2.95. The number of nitrogens with one attached hydrogen (secondary N) is 1. The molecule has 0 amide bonds. The first-order chi connectivity index (χ1) is 13.6. The van der Waals surface area contributed by atoms with Gasteiger partial charge in [-0.1, -0.05) is 66.6 Å². The van der Waals surface area contributed by atoms with Crippen LogP contribution >= 0.6 is 34.8 Å². The third-order valence-corrected chi connectivity index (χ3v) is 6.15. The van der Waals surface area contributed by atoms with Gasteiger partial charge in [0.1, 0.15) is 6.61 Å². The van der Waals surface area contributed by atoms with Gasteiger partial charge in [0.15, 0.2) is 11.5 Å². The molecule has 2 aromatic carbocycles. The maximum Gasteiger partial charge on any atom is 0.180 e. The summed E-state index contributed by atoms with van der Waals surface area (Å²) < 4.78 is 11.5. The van der Waals surface area contributed by atoms with Crippen LogP contribution in [-0.2, 0) is 13.2 Å². The molecule has 1 saturated carbocycles. The third-order valence-electron chi connectivity index (χ3n) is 5.16. The van der Waals surface area contributed by atoms with Gasteiger partial charge in [-0.15, -0.1) is 0 Å². The van der Waals surface area contributed by atoms with E-state index in [0.29, 0.717) is 32.6 Å². The zero-order chi connectivity index (χ0) is 19.9. The number of methoxy groups -OCH3 is 1. The van der Waals surface area contributed by atoms with E-state index in [-0.39, 0.29) is 6.61 Å². The van der Waals surface area contributed by atoms with Gasteiger partial charge in [-0.2, -0.15) is 0 Å². The smallest absolute Gasteiger partial charge is 0.180 e. The van der Waals surface area contributed by atoms with Crippen molar-refractivity contribution in [3.05, 3.63) is 56.5 Å². The van der Waals surface area contributed by atoms with Crippen molar-refractivity contribution in [2.45, 2.75) is 57.7 Å². The van der Waals surface area contributed by atoms with E-state index in [9.17, 15) is 0 Å². The van der Waals surface area contributed by atoms with Gasteiger partial charge < -0.3 is 14.8 Å². The lowest BCUT2D eigenvalue weighted by Gasteiger charge is -2.18. The Morgan fingerprint density at radius 3 is 2.29 bits per heavy atom. The number of hydrogen-bond donors (Lipinski definition) is 1. The molecule has 1 N–H and O–H groups in total. The van der Waals surface area contributed by atoms with Crippen LogP contribution in [0.3, 0.4) is 0 Å². The van der Waals surface area contributed by atoms with Crippen molar-refractivity contribution in [3.8, 4) is 11.5 Å². The summed E-state index contributed by atoms with van der Waals surface area (Å²) in [7, 11) is 1.61. The summed E-state index contributed by atoms with van der Waals surface area (Å²) in [5, 5.41) is 5.30. The van der Waals surface area contributed by atoms with Crippen molar-refractivity contribution in [2.24, 2.45) is 0 Å². The maximum atomic E-state index is 6.51. The molecule has 0 unspecified atom stereocenters. The molecule has 0 bridgehead atoms. The summed E-state index contributed by atoms with van der Waals surface area (Å²) in [4.78, 5) is 0. The zero-order valence-electron chi connectivity index (χ0n) is 16.1. The van der Waals surface area contributed by atoms with Gasteiger partial charge in [0, 0.05) is 28.2 Å². The Bertz CT molecular complexity index is 769. The molecule has 0 radical (unpaired) electrons. The largest absolute Gasteiger partial charge is 0.493 e. The fourth-order valence-corrected chi connectivity index (χ4v) is 4.37. The Hall–Kier alpha value is -1.13. The summed E-state index contributed by atoms with van der Waals surface area (Å²) in [6.45, 7) is 0.978. The summed E-state index contributed by atoms with van der Waals surface area (Å²) in [5.74, 6) is 1.10.